The molecule has 4 rings (SSSR count). The van der Waals surface area contributed by atoms with E-state index in [2.05, 4.69) is 20.5 Å². The van der Waals surface area contributed by atoms with Crippen molar-refractivity contribution < 1.29 is 18.7 Å². The van der Waals surface area contributed by atoms with Gasteiger partial charge in [0, 0.05) is 54.1 Å². The molecule has 0 spiro atoms. The molecule has 1 N–H and O–H groups in total. The molecule has 33 heavy (non-hydrogen) atoms. The molecule has 180 valence electrons. The molecular formula is C25H34FN3O3S. The van der Waals surface area contributed by atoms with Gasteiger partial charge in [0.2, 0.25) is 5.91 Å². The van der Waals surface area contributed by atoms with Gasteiger partial charge in [-0.2, -0.15) is 0 Å². The zero-order valence-corrected chi connectivity index (χ0v) is 20.2. The molecule has 1 saturated carbocycles. The fourth-order valence-corrected chi connectivity index (χ4v) is 5.94. The van der Waals surface area contributed by atoms with Crippen molar-refractivity contribution in [3.8, 4) is 0 Å². The summed E-state index contributed by atoms with van der Waals surface area (Å²) in [6.07, 6.45) is 4.68. The van der Waals surface area contributed by atoms with Crippen molar-refractivity contribution in [3.05, 3.63) is 29.4 Å². The first-order chi connectivity index (χ1) is 16.0. The SMILES string of the molecule is CCOC(=O)C1CCC(NC(=O)CCCN2CCN(c3csc4cc(F)ccc34)CC2)CC1. The Labute approximate surface area is 199 Å². The Kier molecular flexibility index (Phi) is 8.20. The van der Waals surface area contributed by atoms with E-state index in [4.69, 9.17) is 4.74 Å². The molecule has 0 atom stereocenters. The van der Waals surface area contributed by atoms with Crippen LogP contribution in [0.1, 0.15) is 45.4 Å². The minimum absolute atomic E-state index is 0.00925. The quantitative estimate of drug-likeness (QED) is 0.581. The average Bonchev–Trinajstić information content (AvgIpc) is 3.23. The van der Waals surface area contributed by atoms with Crippen molar-refractivity contribution in [1.29, 1.82) is 0 Å². The number of nitrogens with one attached hydrogen (secondary N) is 1. The molecule has 2 heterocycles. The number of rotatable bonds is 8. The number of nitrogens with zero attached hydrogens (tertiary/aromatic N) is 2. The van der Waals surface area contributed by atoms with E-state index in [0.717, 1.165) is 74.9 Å². The van der Waals surface area contributed by atoms with E-state index < -0.39 is 0 Å². The Balaban J connectivity index is 1.13. The largest absolute Gasteiger partial charge is 0.466 e. The molecule has 1 amide bonds. The molecule has 1 aromatic heterocycles. The number of hydrogen-bond acceptors (Lipinski definition) is 6. The molecule has 1 aliphatic heterocycles. The van der Waals surface area contributed by atoms with Gasteiger partial charge in [-0.25, -0.2) is 4.39 Å². The van der Waals surface area contributed by atoms with Gasteiger partial charge >= 0.3 is 5.97 Å². The monoisotopic (exact) mass is 475 g/mol. The normalized spacial score (nSPS) is 21.8. The molecule has 1 saturated heterocycles. The summed E-state index contributed by atoms with van der Waals surface area (Å²) in [5.74, 6) is -0.173. The molecule has 1 aromatic carbocycles. The summed E-state index contributed by atoms with van der Waals surface area (Å²) in [5.41, 5.74) is 1.20. The Morgan fingerprint density at radius 1 is 1.15 bits per heavy atom. The van der Waals surface area contributed by atoms with Crippen LogP contribution in [0.2, 0.25) is 0 Å². The number of carbonyl (C=O) groups excluding carboxylic acids is 2. The lowest BCUT2D eigenvalue weighted by atomic mass is 9.86. The molecule has 0 radical (unpaired) electrons. The van der Waals surface area contributed by atoms with Gasteiger partial charge in [-0.05, 0) is 63.8 Å². The van der Waals surface area contributed by atoms with Crippen LogP contribution in [-0.2, 0) is 14.3 Å². The standard InChI is InChI=1S/C25H34FN3O3S/c1-2-32-25(31)18-5-8-20(9-6-18)27-24(30)4-3-11-28-12-14-29(15-13-28)22-17-33-23-16-19(26)7-10-21(22)23/h7,10,16-18,20H,2-6,8-9,11-15H2,1H3,(H,27,30). The Bertz CT molecular complexity index is 950. The summed E-state index contributed by atoms with van der Waals surface area (Å²) in [4.78, 5) is 29.0. The van der Waals surface area contributed by atoms with Crippen LogP contribution >= 0.6 is 11.3 Å². The lowest BCUT2D eigenvalue weighted by Gasteiger charge is -2.36. The second kappa shape index (κ2) is 11.3. The number of halogens is 1. The second-order valence-corrected chi connectivity index (χ2v) is 9.97. The van der Waals surface area contributed by atoms with Crippen molar-refractivity contribution in [2.75, 3.05) is 44.2 Å². The smallest absolute Gasteiger partial charge is 0.308 e. The maximum absolute atomic E-state index is 13.5. The molecule has 8 heteroatoms. The molecule has 0 unspecified atom stereocenters. The summed E-state index contributed by atoms with van der Waals surface area (Å²) in [6, 6.07) is 5.20. The minimum atomic E-state index is -0.186. The summed E-state index contributed by atoms with van der Waals surface area (Å²) in [5, 5.41) is 6.41. The van der Waals surface area contributed by atoms with Crippen LogP contribution in [0.3, 0.4) is 0 Å². The number of esters is 1. The number of anilines is 1. The number of amides is 1. The van der Waals surface area contributed by atoms with E-state index in [1.165, 1.54) is 11.8 Å². The lowest BCUT2D eigenvalue weighted by molar-refractivity contribution is -0.149. The number of hydrogen-bond donors (Lipinski definition) is 1. The van der Waals surface area contributed by atoms with Crippen LogP contribution < -0.4 is 10.2 Å². The molecule has 2 fully saturated rings. The van der Waals surface area contributed by atoms with Gasteiger partial charge < -0.3 is 15.0 Å². The molecule has 2 aliphatic rings. The van der Waals surface area contributed by atoms with Gasteiger partial charge in [0.15, 0.2) is 0 Å². The Morgan fingerprint density at radius 3 is 2.64 bits per heavy atom. The molecule has 1 aliphatic carbocycles. The fourth-order valence-electron chi connectivity index (χ4n) is 4.94. The number of benzene rings is 1. The number of piperazine rings is 1. The van der Waals surface area contributed by atoms with Gasteiger partial charge in [0.05, 0.1) is 18.2 Å². The molecule has 2 aromatic rings. The van der Waals surface area contributed by atoms with Crippen LogP contribution in [0.15, 0.2) is 23.6 Å². The van der Waals surface area contributed by atoms with Crippen LogP contribution in [0.5, 0.6) is 0 Å². The zero-order valence-electron chi connectivity index (χ0n) is 19.4. The molecular weight excluding hydrogens is 441 g/mol. The first-order valence-corrected chi connectivity index (χ1v) is 13.0. The maximum atomic E-state index is 13.5. The van der Waals surface area contributed by atoms with Crippen molar-refractivity contribution in [3.63, 3.8) is 0 Å². The lowest BCUT2D eigenvalue weighted by Crippen LogP contribution is -2.46. The van der Waals surface area contributed by atoms with Crippen LogP contribution in [0, 0.1) is 11.7 Å². The van der Waals surface area contributed by atoms with Gasteiger partial charge in [0.1, 0.15) is 5.82 Å². The number of carbonyl (C=O) groups is 2. The maximum Gasteiger partial charge on any atom is 0.308 e. The topological polar surface area (TPSA) is 61.9 Å². The first-order valence-electron chi connectivity index (χ1n) is 12.1. The van der Waals surface area contributed by atoms with Gasteiger partial charge in [-0.3, -0.25) is 14.5 Å². The summed E-state index contributed by atoms with van der Waals surface area (Å²) in [7, 11) is 0. The van der Waals surface area contributed by atoms with E-state index in [1.807, 2.05) is 13.0 Å². The first kappa shape index (κ1) is 24.0. The van der Waals surface area contributed by atoms with Crippen LogP contribution in [0.25, 0.3) is 10.1 Å². The predicted octanol–water partition coefficient (Wildman–Crippen LogP) is 4.18. The highest BCUT2D eigenvalue weighted by atomic mass is 32.1. The highest BCUT2D eigenvalue weighted by Crippen LogP contribution is 2.34. The van der Waals surface area contributed by atoms with E-state index in [1.54, 1.807) is 17.4 Å². The third kappa shape index (κ3) is 6.23. The van der Waals surface area contributed by atoms with E-state index in [9.17, 15) is 14.0 Å². The second-order valence-electron chi connectivity index (χ2n) is 9.06. The third-order valence-electron chi connectivity index (χ3n) is 6.82. The molecule has 6 nitrogen and oxygen atoms in total. The van der Waals surface area contributed by atoms with Crippen molar-refractivity contribution in [2.45, 2.75) is 51.5 Å². The van der Waals surface area contributed by atoms with Gasteiger partial charge in [-0.15, -0.1) is 11.3 Å². The fraction of sp³-hybridized carbons (Fsp3) is 0.600. The van der Waals surface area contributed by atoms with Crippen molar-refractivity contribution >= 4 is 39.0 Å². The highest BCUT2D eigenvalue weighted by molar-refractivity contribution is 7.17. The summed E-state index contributed by atoms with van der Waals surface area (Å²) >= 11 is 1.59. The van der Waals surface area contributed by atoms with E-state index in [0.29, 0.717) is 13.0 Å². The Hall–Kier alpha value is -2.19. The predicted molar refractivity (Wildman–Crippen MR) is 130 cm³/mol. The summed E-state index contributed by atoms with van der Waals surface area (Å²) in [6.45, 7) is 7.01. The molecule has 0 bridgehead atoms. The van der Waals surface area contributed by atoms with Crippen molar-refractivity contribution in [1.82, 2.24) is 10.2 Å². The van der Waals surface area contributed by atoms with Crippen LogP contribution in [-0.4, -0.2) is 62.1 Å². The van der Waals surface area contributed by atoms with E-state index >= 15 is 0 Å². The minimum Gasteiger partial charge on any atom is -0.466 e. The zero-order chi connectivity index (χ0) is 23.2. The average molecular weight is 476 g/mol. The number of ether oxygens (including phenoxy) is 1. The Morgan fingerprint density at radius 2 is 1.91 bits per heavy atom. The summed E-state index contributed by atoms with van der Waals surface area (Å²) < 4.78 is 19.6. The van der Waals surface area contributed by atoms with Crippen molar-refractivity contribution in [2.24, 2.45) is 5.92 Å². The number of fused-ring (bicyclic) bond motifs is 1. The van der Waals surface area contributed by atoms with Gasteiger partial charge in [0.25, 0.3) is 0 Å². The number of thiophene rings is 1. The third-order valence-corrected chi connectivity index (χ3v) is 7.75. The van der Waals surface area contributed by atoms with Crippen LogP contribution in [0.4, 0.5) is 10.1 Å². The van der Waals surface area contributed by atoms with E-state index in [-0.39, 0.29) is 29.7 Å². The highest BCUT2D eigenvalue weighted by Gasteiger charge is 2.28. The van der Waals surface area contributed by atoms with Gasteiger partial charge in [-0.1, -0.05) is 0 Å².